The van der Waals surface area contributed by atoms with E-state index in [4.69, 9.17) is 0 Å². The van der Waals surface area contributed by atoms with E-state index in [1.807, 2.05) is 11.6 Å². The molecule has 1 aromatic rings. The molecule has 0 aliphatic carbocycles. The molecule has 0 bridgehead atoms. The quantitative estimate of drug-likeness (QED) is 0.630. The van der Waals surface area contributed by atoms with Crippen molar-refractivity contribution in [1.29, 1.82) is 0 Å². The van der Waals surface area contributed by atoms with Crippen molar-refractivity contribution in [2.24, 2.45) is 5.92 Å². The third-order valence-electron chi connectivity index (χ3n) is 4.43. The molecule has 0 unspecified atom stereocenters. The van der Waals surface area contributed by atoms with E-state index < -0.39 is 8.24 Å². The molecule has 0 radical (unpaired) electrons. The number of hydrogen-bond acceptors (Lipinski definition) is 3. The third-order valence-corrected chi connectivity index (χ3v) is 10.7. The summed E-state index contributed by atoms with van der Waals surface area (Å²) in [5, 5.41) is 3.29. The molecule has 0 aromatic carbocycles. The molecule has 1 aromatic heterocycles. The average molecular weight is 282 g/mol. The standard InChI is InChI=1S/C13H22N2OSSi/c1-13(2,3)18(4,5)15-9-10(12(15)16)8-11-14-6-7-17-11/h6-7,10H,8-9H2,1-5H3/t10-/m1/s1. The van der Waals surface area contributed by atoms with Crippen molar-refractivity contribution in [3.63, 3.8) is 0 Å². The Bertz CT molecular complexity index is 436. The highest BCUT2D eigenvalue weighted by Crippen LogP contribution is 2.42. The van der Waals surface area contributed by atoms with Crippen molar-refractivity contribution in [3.05, 3.63) is 16.6 Å². The predicted molar refractivity (Wildman–Crippen MR) is 78.2 cm³/mol. The average Bonchev–Trinajstić information content (AvgIpc) is 2.73. The van der Waals surface area contributed by atoms with Crippen LogP contribution in [0.25, 0.3) is 0 Å². The summed E-state index contributed by atoms with van der Waals surface area (Å²) >= 11 is 1.65. The lowest BCUT2D eigenvalue weighted by Gasteiger charge is -2.53. The Morgan fingerprint density at radius 3 is 2.61 bits per heavy atom. The van der Waals surface area contributed by atoms with E-state index in [9.17, 15) is 4.79 Å². The van der Waals surface area contributed by atoms with Gasteiger partial charge in [0.15, 0.2) is 8.24 Å². The molecule has 3 nitrogen and oxygen atoms in total. The van der Waals surface area contributed by atoms with Crippen LogP contribution in [0.4, 0.5) is 0 Å². The maximum absolute atomic E-state index is 12.3. The second kappa shape index (κ2) is 4.45. The zero-order valence-corrected chi connectivity index (χ0v) is 13.7. The molecule has 5 heteroatoms. The number of thiazole rings is 1. The lowest BCUT2D eigenvalue weighted by atomic mass is 9.98. The van der Waals surface area contributed by atoms with Gasteiger partial charge in [0.25, 0.3) is 0 Å². The van der Waals surface area contributed by atoms with Gasteiger partial charge in [-0.1, -0.05) is 33.9 Å². The van der Waals surface area contributed by atoms with Crippen molar-refractivity contribution < 1.29 is 4.79 Å². The molecule has 2 heterocycles. The number of rotatable bonds is 3. The van der Waals surface area contributed by atoms with Gasteiger partial charge in [-0.3, -0.25) is 4.79 Å². The fourth-order valence-corrected chi connectivity index (χ4v) is 5.04. The van der Waals surface area contributed by atoms with E-state index in [0.29, 0.717) is 5.91 Å². The highest BCUT2D eigenvalue weighted by Gasteiger charge is 2.50. The van der Waals surface area contributed by atoms with Crippen LogP contribution in [0.2, 0.25) is 18.1 Å². The highest BCUT2D eigenvalue weighted by atomic mass is 32.1. The minimum absolute atomic E-state index is 0.172. The summed E-state index contributed by atoms with van der Waals surface area (Å²) in [6.45, 7) is 12.3. The van der Waals surface area contributed by atoms with E-state index in [1.165, 1.54) is 0 Å². The van der Waals surface area contributed by atoms with Gasteiger partial charge >= 0.3 is 0 Å². The summed E-state index contributed by atoms with van der Waals surface area (Å²) in [5.41, 5.74) is 0. The smallest absolute Gasteiger partial charge is 0.220 e. The van der Waals surface area contributed by atoms with Gasteiger partial charge in [-0.05, 0) is 5.04 Å². The number of carbonyl (C=O) groups excluding carboxylic acids is 1. The molecule has 18 heavy (non-hydrogen) atoms. The maximum atomic E-state index is 12.3. The van der Waals surface area contributed by atoms with Crippen molar-refractivity contribution >= 4 is 25.5 Å². The summed E-state index contributed by atoms with van der Waals surface area (Å²) in [5.74, 6) is 0.516. The Kier molecular flexibility index (Phi) is 3.40. The normalized spacial score (nSPS) is 21.1. The van der Waals surface area contributed by atoms with E-state index >= 15 is 0 Å². The van der Waals surface area contributed by atoms with Crippen LogP contribution in [0.15, 0.2) is 11.6 Å². The molecule has 1 fully saturated rings. The van der Waals surface area contributed by atoms with Gasteiger partial charge in [-0.2, -0.15) is 0 Å². The van der Waals surface area contributed by atoms with Crippen LogP contribution in [0.1, 0.15) is 25.8 Å². The maximum Gasteiger partial charge on any atom is 0.220 e. The molecular formula is C13H22N2OSSi. The molecule has 1 atom stereocenters. The predicted octanol–water partition coefficient (Wildman–Crippen LogP) is 3.15. The zero-order chi connectivity index (χ0) is 13.6. The van der Waals surface area contributed by atoms with Gasteiger partial charge in [0, 0.05) is 24.5 Å². The summed E-state index contributed by atoms with van der Waals surface area (Å²) in [4.78, 5) is 16.6. The fraction of sp³-hybridized carbons (Fsp3) is 0.692. The Morgan fingerprint density at radius 1 is 1.50 bits per heavy atom. The van der Waals surface area contributed by atoms with Crippen molar-refractivity contribution in [3.8, 4) is 0 Å². The number of carbonyl (C=O) groups is 1. The Labute approximate surface area is 114 Å². The molecule has 1 aliphatic rings. The molecule has 0 N–H and O–H groups in total. The first-order valence-electron chi connectivity index (χ1n) is 6.43. The number of amides is 1. The Balaban J connectivity index is 2.00. The van der Waals surface area contributed by atoms with Gasteiger partial charge in [-0.15, -0.1) is 11.3 Å². The van der Waals surface area contributed by atoms with Crippen molar-refractivity contribution in [1.82, 2.24) is 9.55 Å². The molecule has 1 aliphatic heterocycles. The van der Waals surface area contributed by atoms with Crippen LogP contribution in [-0.4, -0.2) is 30.2 Å². The van der Waals surface area contributed by atoms with Crippen LogP contribution in [-0.2, 0) is 11.2 Å². The van der Waals surface area contributed by atoms with Gasteiger partial charge in [-0.25, -0.2) is 4.98 Å². The first-order valence-corrected chi connectivity index (χ1v) is 10.3. The van der Waals surface area contributed by atoms with E-state index in [0.717, 1.165) is 18.0 Å². The van der Waals surface area contributed by atoms with Crippen LogP contribution >= 0.6 is 11.3 Å². The van der Waals surface area contributed by atoms with E-state index in [1.54, 1.807) is 11.3 Å². The molecule has 1 saturated heterocycles. The number of nitrogens with zero attached hydrogens (tertiary/aromatic N) is 2. The minimum atomic E-state index is -1.66. The third kappa shape index (κ3) is 2.25. The summed E-state index contributed by atoms with van der Waals surface area (Å²) in [6.07, 6.45) is 2.64. The summed E-state index contributed by atoms with van der Waals surface area (Å²) in [7, 11) is -1.66. The number of β-lactam (4-membered cyclic amide) rings is 1. The van der Waals surface area contributed by atoms with Crippen LogP contribution in [0.3, 0.4) is 0 Å². The fourth-order valence-electron chi connectivity index (χ4n) is 2.12. The van der Waals surface area contributed by atoms with Gasteiger partial charge in [0.2, 0.25) is 5.91 Å². The van der Waals surface area contributed by atoms with Crippen LogP contribution in [0, 0.1) is 5.92 Å². The van der Waals surface area contributed by atoms with Crippen LogP contribution in [0.5, 0.6) is 0 Å². The first-order chi connectivity index (χ1) is 8.23. The second-order valence-electron chi connectivity index (χ2n) is 6.58. The molecule has 100 valence electrons. The number of aromatic nitrogens is 1. The first kappa shape index (κ1) is 13.7. The second-order valence-corrected chi connectivity index (χ2v) is 12.7. The van der Waals surface area contributed by atoms with Gasteiger partial charge in [0.1, 0.15) is 0 Å². The molecular weight excluding hydrogens is 260 g/mol. The van der Waals surface area contributed by atoms with Crippen LogP contribution < -0.4 is 0 Å². The monoisotopic (exact) mass is 282 g/mol. The Morgan fingerprint density at radius 2 is 2.17 bits per heavy atom. The summed E-state index contributed by atoms with van der Waals surface area (Å²) in [6, 6.07) is 0. The SMILES string of the molecule is CC(C)(C)[Si](C)(C)N1C[C@@H](Cc2nccs2)C1=O. The molecule has 0 saturated carbocycles. The highest BCUT2D eigenvalue weighted by molar-refractivity contribution is 7.09. The molecule has 1 amide bonds. The van der Waals surface area contributed by atoms with E-state index in [2.05, 4.69) is 43.4 Å². The Hall–Kier alpha value is -0.683. The van der Waals surface area contributed by atoms with Gasteiger partial charge < -0.3 is 4.57 Å². The lowest BCUT2D eigenvalue weighted by molar-refractivity contribution is -0.141. The molecule has 0 spiro atoms. The number of hydrogen-bond donors (Lipinski definition) is 0. The van der Waals surface area contributed by atoms with E-state index in [-0.39, 0.29) is 11.0 Å². The molecule has 2 rings (SSSR count). The summed E-state index contributed by atoms with van der Waals surface area (Å²) < 4.78 is 2.16. The van der Waals surface area contributed by atoms with Crippen molar-refractivity contribution in [2.45, 2.75) is 45.3 Å². The zero-order valence-electron chi connectivity index (χ0n) is 11.9. The van der Waals surface area contributed by atoms with Crippen molar-refractivity contribution in [2.75, 3.05) is 6.54 Å². The largest absolute Gasteiger partial charge is 0.368 e. The minimum Gasteiger partial charge on any atom is -0.368 e. The topological polar surface area (TPSA) is 33.2 Å². The van der Waals surface area contributed by atoms with Gasteiger partial charge in [0.05, 0.1) is 10.9 Å². The lowest BCUT2D eigenvalue weighted by Crippen LogP contribution is -2.67.